The van der Waals surface area contributed by atoms with E-state index < -0.39 is 0 Å². The molecule has 28 heavy (non-hydrogen) atoms. The number of nitrogens with one attached hydrogen (secondary N) is 1. The Kier molecular flexibility index (Phi) is 6.79. The molecule has 0 aliphatic rings. The second-order valence-electron chi connectivity index (χ2n) is 6.86. The number of hydrogen-bond acceptors (Lipinski definition) is 5. The van der Waals surface area contributed by atoms with Crippen LogP contribution in [0.5, 0.6) is 0 Å². The maximum absolute atomic E-state index is 12.4. The zero-order chi connectivity index (χ0) is 19.9. The summed E-state index contributed by atoms with van der Waals surface area (Å²) in [5.74, 6) is -0.208. The molecule has 1 heterocycles. The highest BCUT2D eigenvalue weighted by molar-refractivity contribution is 7.09. The molecular formula is C22H26N4OS. The highest BCUT2D eigenvalue weighted by Crippen LogP contribution is 2.21. The number of anilines is 2. The molecule has 0 saturated heterocycles. The number of aryl methyl sites for hydroxylation is 2. The Balaban J connectivity index is 1.55. The molecule has 0 aliphatic heterocycles. The van der Waals surface area contributed by atoms with Gasteiger partial charge in [-0.25, -0.2) is 4.98 Å². The first-order valence-corrected chi connectivity index (χ1v) is 10.4. The number of carbonyl (C=O) groups is 1. The first-order chi connectivity index (χ1) is 13.5. The number of thiazole rings is 1. The predicted molar refractivity (Wildman–Crippen MR) is 117 cm³/mol. The first-order valence-electron chi connectivity index (χ1n) is 9.51. The quantitative estimate of drug-likeness (QED) is 0.488. The van der Waals surface area contributed by atoms with E-state index in [0.29, 0.717) is 5.69 Å². The summed E-state index contributed by atoms with van der Waals surface area (Å²) in [6, 6.07) is 15.8. The van der Waals surface area contributed by atoms with Gasteiger partial charge < -0.3 is 16.8 Å². The number of benzene rings is 2. The Hall–Kier alpha value is -2.70. The number of hydrogen-bond donors (Lipinski definition) is 3. The van der Waals surface area contributed by atoms with Gasteiger partial charge in [0.1, 0.15) is 10.7 Å². The Morgan fingerprint density at radius 1 is 1.07 bits per heavy atom. The largest absolute Gasteiger partial charge is 0.399 e. The van der Waals surface area contributed by atoms with Crippen molar-refractivity contribution in [3.8, 4) is 0 Å². The summed E-state index contributed by atoms with van der Waals surface area (Å²) in [7, 11) is 0. The van der Waals surface area contributed by atoms with Crippen molar-refractivity contribution in [2.24, 2.45) is 5.73 Å². The van der Waals surface area contributed by atoms with Gasteiger partial charge in [0.15, 0.2) is 0 Å². The minimum Gasteiger partial charge on any atom is -0.399 e. The second-order valence-corrected chi connectivity index (χ2v) is 7.75. The first kappa shape index (κ1) is 20.0. The van der Waals surface area contributed by atoms with Crippen molar-refractivity contribution in [2.45, 2.75) is 38.6 Å². The van der Waals surface area contributed by atoms with Gasteiger partial charge in [0.05, 0.1) is 6.04 Å². The standard InChI is InChI=1S/C22H26N4OS/c1-2-3-19(24)22-26-20(14-28-22)21(27)25-18-12-8-16(9-13-18)5-4-15-6-10-17(23)11-7-15/h6-14,19H,2-5,23-24H2,1H3,(H,25,27). The van der Waals surface area contributed by atoms with Crippen LogP contribution < -0.4 is 16.8 Å². The average molecular weight is 395 g/mol. The van der Waals surface area contributed by atoms with Crippen molar-refractivity contribution in [3.63, 3.8) is 0 Å². The summed E-state index contributed by atoms with van der Waals surface area (Å²) in [4.78, 5) is 16.8. The molecule has 2 aromatic carbocycles. The molecule has 146 valence electrons. The number of nitrogens with two attached hydrogens (primary N) is 2. The molecule has 0 saturated carbocycles. The molecule has 3 rings (SSSR count). The molecule has 0 fully saturated rings. The van der Waals surface area contributed by atoms with Crippen LogP contribution in [0.3, 0.4) is 0 Å². The molecular weight excluding hydrogens is 368 g/mol. The highest BCUT2D eigenvalue weighted by atomic mass is 32.1. The lowest BCUT2D eigenvalue weighted by Crippen LogP contribution is -2.14. The summed E-state index contributed by atoms with van der Waals surface area (Å²) in [6.07, 6.45) is 3.74. The highest BCUT2D eigenvalue weighted by Gasteiger charge is 2.15. The molecule has 5 nitrogen and oxygen atoms in total. The fourth-order valence-corrected chi connectivity index (χ4v) is 3.76. The Morgan fingerprint density at radius 3 is 2.29 bits per heavy atom. The smallest absolute Gasteiger partial charge is 0.275 e. The lowest BCUT2D eigenvalue weighted by molar-refractivity contribution is 0.102. The second kappa shape index (κ2) is 9.48. The molecule has 1 aromatic heterocycles. The van der Waals surface area contributed by atoms with Gasteiger partial charge in [-0.3, -0.25) is 4.79 Å². The van der Waals surface area contributed by atoms with Crippen molar-refractivity contribution >= 4 is 28.6 Å². The summed E-state index contributed by atoms with van der Waals surface area (Å²) in [6.45, 7) is 2.08. The SMILES string of the molecule is CCCC(N)c1nc(C(=O)Nc2ccc(CCc3ccc(N)cc3)cc2)cs1. The van der Waals surface area contributed by atoms with Crippen LogP contribution in [0, 0.1) is 0 Å². The van der Waals surface area contributed by atoms with Crippen molar-refractivity contribution in [3.05, 3.63) is 75.7 Å². The Labute approximate surface area is 169 Å². The fourth-order valence-electron chi connectivity index (χ4n) is 2.92. The van der Waals surface area contributed by atoms with E-state index in [2.05, 4.69) is 29.4 Å². The summed E-state index contributed by atoms with van der Waals surface area (Å²) >= 11 is 1.44. The van der Waals surface area contributed by atoms with Gasteiger partial charge in [0, 0.05) is 16.8 Å². The molecule has 1 amide bonds. The molecule has 1 atom stereocenters. The van der Waals surface area contributed by atoms with E-state index in [1.165, 1.54) is 22.5 Å². The minimum absolute atomic E-state index is 0.100. The van der Waals surface area contributed by atoms with Crippen LogP contribution >= 0.6 is 11.3 Å². The maximum Gasteiger partial charge on any atom is 0.275 e. The number of nitrogens with zero attached hydrogens (tertiary/aromatic N) is 1. The molecule has 0 aliphatic carbocycles. The minimum atomic E-state index is -0.208. The zero-order valence-electron chi connectivity index (χ0n) is 16.0. The number of aromatic nitrogens is 1. The van der Waals surface area contributed by atoms with E-state index in [9.17, 15) is 4.79 Å². The van der Waals surface area contributed by atoms with Crippen LogP contribution in [0.1, 0.15) is 52.4 Å². The van der Waals surface area contributed by atoms with Gasteiger partial charge in [-0.2, -0.15) is 0 Å². The third-order valence-electron chi connectivity index (χ3n) is 4.57. The molecule has 5 N–H and O–H groups in total. The molecule has 3 aromatic rings. The molecule has 0 radical (unpaired) electrons. The number of nitrogen functional groups attached to an aromatic ring is 1. The van der Waals surface area contributed by atoms with Crippen LogP contribution in [0.25, 0.3) is 0 Å². The molecule has 0 spiro atoms. The van der Waals surface area contributed by atoms with Crippen LogP contribution in [-0.4, -0.2) is 10.9 Å². The van der Waals surface area contributed by atoms with E-state index in [0.717, 1.165) is 42.1 Å². The van der Waals surface area contributed by atoms with Gasteiger partial charge in [-0.1, -0.05) is 37.6 Å². The normalized spacial score (nSPS) is 11.9. The van der Waals surface area contributed by atoms with Gasteiger partial charge in [0.2, 0.25) is 0 Å². The van der Waals surface area contributed by atoms with Crippen LogP contribution in [0.2, 0.25) is 0 Å². The number of amides is 1. The lowest BCUT2D eigenvalue weighted by atomic mass is 10.0. The van der Waals surface area contributed by atoms with Crippen LogP contribution in [0.15, 0.2) is 53.9 Å². The van der Waals surface area contributed by atoms with Crippen LogP contribution in [-0.2, 0) is 12.8 Å². The van der Waals surface area contributed by atoms with E-state index in [4.69, 9.17) is 11.5 Å². The Morgan fingerprint density at radius 2 is 1.68 bits per heavy atom. The monoisotopic (exact) mass is 394 g/mol. The summed E-state index contributed by atoms with van der Waals surface area (Å²) in [5, 5.41) is 5.48. The van der Waals surface area contributed by atoms with E-state index in [1.807, 2.05) is 36.4 Å². The van der Waals surface area contributed by atoms with Crippen molar-refractivity contribution in [2.75, 3.05) is 11.1 Å². The number of carbonyl (C=O) groups excluding carboxylic acids is 1. The van der Waals surface area contributed by atoms with Crippen molar-refractivity contribution in [1.82, 2.24) is 4.98 Å². The zero-order valence-corrected chi connectivity index (χ0v) is 16.8. The van der Waals surface area contributed by atoms with Crippen molar-refractivity contribution < 1.29 is 4.79 Å². The van der Waals surface area contributed by atoms with Gasteiger partial charge in [-0.05, 0) is 54.7 Å². The third kappa shape index (κ3) is 5.41. The summed E-state index contributed by atoms with van der Waals surface area (Å²) in [5.41, 5.74) is 16.2. The average Bonchev–Trinajstić information content (AvgIpc) is 3.19. The molecule has 0 bridgehead atoms. The topological polar surface area (TPSA) is 94.0 Å². The predicted octanol–water partition coefficient (Wildman–Crippen LogP) is 4.56. The van der Waals surface area contributed by atoms with E-state index in [-0.39, 0.29) is 11.9 Å². The lowest BCUT2D eigenvalue weighted by Gasteiger charge is -2.07. The van der Waals surface area contributed by atoms with Gasteiger partial charge >= 0.3 is 0 Å². The Bertz CT molecular complexity index is 903. The molecule has 1 unspecified atom stereocenters. The van der Waals surface area contributed by atoms with Gasteiger partial charge in [0.25, 0.3) is 5.91 Å². The van der Waals surface area contributed by atoms with E-state index in [1.54, 1.807) is 5.38 Å². The van der Waals surface area contributed by atoms with Crippen molar-refractivity contribution in [1.29, 1.82) is 0 Å². The fraction of sp³-hybridized carbons (Fsp3) is 0.273. The third-order valence-corrected chi connectivity index (χ3v) is 5.54. The summed E-state index contributed by atoms with van der Waals surface area (Å²) < 4.78 is 0. The van der Waals surface area contributed by atoms with Crippen LogP contribution in [0.4, 0.5) is 11.4 Å². The maximum atomic E-state index is 12.4. The van der Waals surface area contributed by atoms with E-state index >= 15 is 0 Å². The molecule has 6 heteroatoms. The van der Waals surface area contributed by atoms with Gasteiger partial charge in [-0.15, -0.1) is 11.3 Å². The number of rotatable bonds is 8.